The number of amides is 1. The minimum Gasteiger partial charge on any atom is -0.496 e. The van der Waals surface area contributed by atoms with Crippen molar-refractivity contribution in [1.29, 1.82) is 0 Å². The van der Waals surface area contributed by atoms with Gasteiger partial charge in [0.1, 0.15) is 11.3 Å². The van der Waals surface area contributed by atoms with E-state index in [1.54, 1.807) is 12.1 Å². The lowest BCUT2D eigenvalue weighted by atomic mass is 10.1. The molecule has 1 amide bonds. The van der Waals surface area contributed by atoms with Crippen molar-refractivity contribution in [3.05, 3.63) is 53.6 Å². The van der Waals surface area contributed by atoms with E-state index >= 15 is 0 Å². The maximum atomic E-state index is 13.4. The van der Waals surface area contributed by atoms with Crippen LogP contribution in [0.1, 0.15) is 54.4 Å². The van der Waals surface area contributed by atoms with Gasteiger partial charge in [0.2, 0.25) is 0 Å². The van der Waals surface area contributed by atoms with Gasteiger partial charge in [0, 0.05) is 12.6 Å². The Kier molecular flexibility index (Phi) is 7.41. The second kappa shape index (κ2) is 10.5. The topological polar surface area (TPSA) is 102 Å². The highest BCUT2D eigenvalue weighted by molar-refractivity contribution is 7.92. The molecule has 0 radical (unpaired) electrons. The zero-order valence-corrected chi connectivity index (χ0v) is 20.1. The summed E-state index contributed by atoms with van der Waals surface area (Å²) in [6.45, 7) is -0.107. The molecule has 9 heteroatoms. The number of benzene rings is 2. The summed E-state index contributed by atoms with van der Waals surface area (Å²) in [4.78, 5) is 25.1. The van der Waals surface area contributed by atoms with E-state index in [4.69, 9.17) is 9.47 Å². The molecular formula is C25H30N2O6S. The van der Waals surface area contributed by atoms with E-state index in [-0.39, 0.29) is 28.2 Å². The van der Waals surface area contributed by atoms with Crippen LogP contribution < -0.4 is 14.4 Å². The molecular weight excluding hydrogens is 456 g/mol. The Hall–Kier alpha value is -3.07. The molecule has 1 fully saturated rings. The molecule has 1 aliphatic carbocycles. The molecule has 182 valence electrons. The fraction of sp³-hybridized carbons (Fsp3) is 0.440. The molecule has 8 nitrogen and oxygen atoms in total. The highest BCUT2D eigenvalue weighted by atomic mass is 32.2. The van der Waals surface area contributed by atoms with Crippen molar-refractivity contribution in [3.63, 3.8) is 0 Å². The van der Waals surface area contributed by atoms with Crippen LogP contribution in [-0.4, -0.2) is 46.6 Å². The van der Waals surface area contributed by atoms with Gasteiger partial charge in [-0.15, -0.1) is 0 Å². The Morgan fingerprint density at radius 2 is 1.79 bits per heavy atom. The average molecular weight is 487 g/mol. The van der Waals surface area contributed by atoms with Crippen LogP contribution >= 0.6 is 0 Å². The standard InChI is InChI=1S/C25H30N2O6S/c1-32-23-13-12-20(34(30,31)27-15-14-18-8-6-7-11-22(18)27)16-21(23)25(29)33-17-24(28)26-19-9-4-2-3-5-10-19/h6-8,11-13,16,19H,2-5,9-10,14-15,17H2,1H3,(H,26,28). The van der Waals surface area contributed by atoms with Crippen LogP contribution in [0.25, 0.3) is 0 Å². The van der Waals surface area contributed by atoms with E-state index < -0.39 is 22.6 Å². The minimum atomic E-state index is -3.90. The van der Waals surface area contributed by atoms with Gasteiger partial charge in [-0.1, -0.05) is 43.9 Å². The molecule has 2 aromatic rings. The number of nitrogens with zero attached hydrogens (tertiary/aromatic N) is 1. The van der Waals surface area contributed by atoms with Crippen LogP contribution in [0.3, 0.4) is 0 Å². The Bertz CT molecular complexity index is 1160. The second-order valence-electron chi connectivity index (χ2n) is 8.65. The van der Waals surface area contributed by atoms with Crippen molar-refractivity contribution in [2.75, 3.05) is 24.6 Å². The van der Waals surface area contributed by atoms with E-state index in [9.17, 15) is 18.0 Å². The van der Waals surface area contributed by atoms with Gasteiger partial charge in [-0.05, 0) is 49.1 Å². The lowest BCUT2D eigenvalue weighted by Gasteiger charge is -2.20. The van der Waals surface area contributed by atoms with E-state index in [2.05, 4.69) is 5.32 Å². The lowest BCUT2D eigenvalue weighted by molar-refractivity contribution is -0.125. The third-order valence-corrected chi connectivity index (χ3v) is 8.19. The Morgan fingerprint density at radius 1 is 1.06 bits per heavy atom. The van der Waals surface area contributed by atoms with Crippen LogP contribution in [0.5, 0.6) is 5.75 Å². The van der Waals surface area contributed by atoms with Crippen LogP contribution in [0.2, 0.25) is 0 Å². The molecule has 0 atom stereocenters. The first-order valence-electron chi connectivity index (χ1n) is 11.7. The maximum absolute atomic E-state index is 13.4. The number of anilines is 1. The van der Waals surface area contributed by atoms with Gasteiger partial charge in [0.25, 0.3) is 15.9 Å². The molecule has 0 spiro atoms. The number of hydrogen-bond donors (Lipinski definition) is 1. The summed E-state index contributed by atoms with van der Waals surface area (Å²) in [5.41, 5.74) is 1.55. The highest BCUT2D eigenvalue weighted by Gasteiger charge is 2.32. The van der Waals surface area contributed by atoms with Crippen molar-refractivity contribution in [1.82, 2.24) is 5.32 Å². The van der Waals surface area contributed by atoms with Crippen molar-refractivity contribution in [2.45, 2.75) is 55.9 Å². The smallest absolute Gasteiger partial charge is 0.342 e. The first-order chi connectivity index (χ1) is 16.4. The number of methoxy groups -OCH3 is 1. The number of para-hydroxylation sites is 1. The fourth-order valence-electron chi connectivity index (χ4n) is 4.59. The molecule has 1 saturated carbocycles. The number of ether oxygens (including phenoxy) is 2. The largest absolute Gasteiger partial charge is 0.496 e. The maximum Gasteiger partial charge on any atom is 0.342 e. The summed E-state index contributed by atoms with van der Waals surface area (Å²) < 4.78 is 38.5. The van der Waals surface area contributed by atoms with Crippen LogP contribution in [0, 0.1) is 0 Å². The van der Waals surface area contributed by atoms with Crippen LogP contribution in [0.15, 0.2) is 47.4 Å². The van der Waals surface area contributed by atoms with E-state index in [1.807, 2.05) is 12.1 Å². The summed E-state index contributed by atoms with van der Waals surface area (Å²) in [5, 5.41) is 2.93. The minimum absolute atomic E-state index is 0.0418. The van der Waals surface area contributed by atoms with Gasteiger partial charge in [-0.25, -0.2) is 13.2 Å². The third kappa shape index (κ3) is 5.19. The molecule has 34 heavy (non-hydrogen) atoms. The van der Waals surface area contributed by atoms with Crippen molar-refractivity contribution in [3.8, 4) is 5.75 Å². The zero-order chi connectivity index (χ0) is 24.1. The predicted octanol–water partition coefficient (Wildman–Crippen LogP) is 3.44. The number of esters is 1. The van der Waals surface area contributed by atoms with Crippen LogP contribution in [-0.2, 0) is 26.0 Å². The summed E-state index contributed by atoms with van der Waals surface area (Å²) in [7, 11) is -2.51. The van der Waals surface area contributed by atoms with Gasteiger partial charge >= 0.3 is 5.97 Å². The molecule has 0 unspecified atom stereocenters. The van der Waals surface area contributed by atoms with Gasteiger partial charge in [-0.2, -0.15) is 0 Å². The lowest BCUT2D eigenvalue weighted by Crippen LogP contribution is -2.37. The fourth-order valence-corrected chi connectivity index (χ4v) is 6.12. The van der Waals surface area contributed by atoms with Gasteiger partial charge in [0.15, 0.2) is 6.61 Å². The summed E-state index contributed by atoms with van der Waals surface area (Å²) in [5.74, 6) is -1.00. The Balaban J connectivity index is 1.48. The number of carbonyl (C=O) groups is 2. The molecule has 0 saturated heterocycles. The van der Waals surface area contributed by atoms with Gasteiger partial charge in [-0.3, -0.25) is 9.10 Å². The first kappa shape index (κ1) is 24.1. The molecule has 2 aromatic carbocycles. The monoisotopic (exact) mass is 486 g/mol. The average Bonchev–Trinajstić information content (AvgIpc) is 3.13. The molecule has 1 aliphatic heterocycles. The van der Waals surface area contributed by atoms with E-state index in [0.29, 0.717) is 18.7 Å². The van der Waals surface area contributed by atoms with E-state index in [1.165, 1.54) is 42.5 Å². The first-order valence-corrected chi connectivity index (χ1v) is 13.1. The Morgan fingerprint density at radius 3 is 2.53 bits per heavy atom. The SMILES string of the molecule is COc1ccc(S(=O)(=O)N2CCc3ccccc32)cc1C(=O)OCC(=O)NC1CCCCCC1. The molecule has 2 aliphatic rings. The summed E-state index contributed by atoms with van der Waals surface area (Å²) >= 11 is 0. The number of fused-ring (bicyclic) bond motifs is 1. The van der Waals surface area contributed by atoms with Gasteiger partial charge in [0.05, 0.1) is 17.7 Å². The van der Waals surface area contributed by atoms with Crippen LogP contribution in [0.4, 0.5) is 5.69 Å². The molecule has 1 N–H and O–H groups in total. The number of carbonyl (C=O) groups excluding carboxylic acids is 2. The highest BCUT2D eigenvalue weighted by Crippen LogP contribution is 2.34. The number of hydrogen-bond acceptors (Lipinski definition) is 6. The molecule has 4 rings (SSSR count). The summed E-state index contributed by atoms with van der Waals surface area (Å²) in [6.07, 6.45) is 6.96. The quantitative estimate of drug-likeness (QED) is 0.475. The number of nitrogens with one attached hydrogen (secondary N) is 1. The molecule has 0 bridgehead atoms. The normalized spacial score (nSPS) is 16.4. The van der Waals surface area contributed by atoms with Crippen molar-refractivity contribution in [2.24, 2.45) is 0 Å². The molecule has 1 heterocycles. The third-order valence-electron chi connectivity index (χ3n) is 6.38. The van der Waals surface area contributed by atoms with E-state index in [0.717, 1.165) is 31.2 Å². The predicted molar refractivity (Wildman–Crippen MR) is 128 cm³/mol. The Labute approximate surface area is 200 Å². The molecule has 0 aromatic heterocycles. The summed E-state index contributed by atoms with van der Waals surface area (Å²) in [6, 6.07) is 11.5. The second-order valence-corrected chi connectivity index (χ2v) is 10.5. The zero-order valence-electron chi connectivity index (χ0n) is 19.3. The van der Waals surface area contributed by atoms with Crippen molar-refractivity contribution < 1.29 is 27.5 Å². The van der Waals surface area contributed by atoms with Gasteiger partial charge < -0.3 is 14.8 Å². The number of sulfonamides is 1. The number of rotatable bonds is 7. The van der Waals surface area contributed by atoms with Crippen molar-refractivity contribution >= 4 is 27.6 Å².